The number of allylic oxidation sites excluding steroid dienone is 1. The Morgan fingerprint density at radius 2 is 1.25 bits per heavy atom. The molecule has 0 unspecified atom stereocenters. The molecule has 0 heterocycles. The number of carbonyl (C=O) groups excluding carboxylic acids is 2. The Hall–Kier alpha value is -3.66. The fraction of sp³-hybridized carbons (Fsp3) is 0.0833. The molecule has 0 aliphatic rings. The maximum Gasteiger partial charge on any atom is 0.255 e. The second-order valence-electron chi connectivity index (χ2n) is 6.22. The van der Waals surface area contributed by atoms with Gasteiger partial charge in [0, 0.05) is 18.1 Å². The molecule has 1 N–H and O–H groups in total. The van der Waals surface area contributed by atoms with Crippen molar-refractivity contribution < 1.29 is 14.3 Å². The van der Waals surface area contributed by atoms with E-state index >= 15 is 0 Å². The van der Waals surface area contributed by atoms with Gasteiger partial charge in [0.2, 0.25) is 0 Å². The lowest BCUT2D eigenvalue weighted by molar-refractivity contribution is -0.117. The molecule has 0 aliphatic carbocycles. The van der Waals surface area contributed by atoms with Crippen LogP contribution in [0.5, 0.6) is 0 Å². The second kappa shape index (κ2) is 9.33. The van der Waals surface area contributed by atoms with E-state index in [0.29, 0.717) is 16.8 Å². The smallest absolute Gasteiger partial charge is 0.255 e. The van der Waals surface area contributed by atoms with Crippen LogP contribution in [0, 0.1) is 0 Å². The topological polar surface area (TPSA) is 55.4 Å². The van der Waals surface area contributed by atoms with E-state index in [9.17, 15) is 9.59 Å². The molecule has 0 bridgehead atoms. The molecule has 1 amide bonds. The van der Waals surface area contributed by atoms with Gasteiger partial charge in [-0.2, -0.15) is 0 Å². The molecule has 0 saturated heterocycles. The molecule has 4 nitrogen and oxygen atoms in total. The number of rotatable bonds is 7. The van der Waals surface area contributed by atoms with Crippen LogP contribution in [0.25, 0.3) is 5.70 Å². The van der Waals surface area contributed by atoms with Crippen LogP contribution in [0.15, 0.2) is 96.8 Å². The average molecular weight is 371 g/mol. The summed E-state index contributed by atoms with van der Waals surface area (Å²) in [5.74, 6) is -0.441. The van der Waals surface area contributed by atoms with E-state index in [0.717, 1.165) is 5.56 Å². The lowest BCUT2D eigenvalue weighted by atomic mass is 10.1. The number of benzene rings is 3. The maximum atomic E-state index is 12.7. The van der Waals surface area contributed by atoms with Gasteiger partial charge in [-0.1, -0.05) is 78.9 Å². The molecule has 4 heteroatoms. The third-order valence-electron chi connectivity index (χ3n) is 4.11. The number of hydrogen-bond donors (Lipinski definition) is 1. The van der Waals surface area contributed by atoms with E-state index in [1.807, 2.05) is 66.7 Å². The summed E-state index contributed by atoms with van der Waals surface area (Å²) < 4.78 is 5.86. The summed E-state index contributed by atoms with van der Waals surface area (Å²) in [6.45, 7) is 1.66. The van der Waals surface area contributed by atoms with E-state index in [2.05, 4.69) is 5.32 Å². The molecule has 3 aromatic rings. The standard InChI is InChI=1S/C24H21NO3/c1-18(26)23(28-17-19-11-5-2-6-12-19)22(20-13-7-3-8-14-20)25-24(27)21-15-9-4-10-16-21/h2-16H,17H2,1H3,(H,25,27)/b23-22-. The Morgan fingerprint density at radius 3 is 1.79 bits per heavy atom. The number of hydrogen-bond acceptors (Lipinski definition) is 3. The van der Waals surface area contributed by atoms with Crippen molar-refractivity contribution >= 4 is 17.4 Å². The zero-order chi connectivity index (χ0) is 19.8. The Morgan fingerprint density at radius 1 is 0.750 bits per heavy atom. The largest absolute Gasteiger partial charge is 0.483 e. The van der Waals surface area contributed by atoms with Crippen LogP contribution in [0.2, 0.25) is 0 Å². The minimum absolute atomic E-state index is 0.124. The normalized spacial score (nSPS) is 11.3. The zero-order valence-corrected chi connectivity index (χ0v) is 15.6. The molecule has 0 saturated carbocycles. The summed E-state index contributed by atoms with van der Waals surface area (Å²) in [7, 11) is 0. The summed E-state index contributed by atoms with van der Waals surface area (Å²) in [6.07, 6.45) is 0. The van der Waals surface area contributed by atoms with E-state index in [1.54, 1.807) is 24.3 Å². The van der Waals surface area contributed by atoms with Gasteiger partial charge in [-0.05, 0) is 17.7 Å². The molecule has 3 rings (SSSR count). The predicted molar refractivity (Wildman–Crippen MR) is 109 cm³/mol. The molecular formula is C24H21NO3. The van der Waals surface area contributed by atoms with Crippen molar-refractivity contribution in [3.8, 4) is 0 Å². The van der Waals surface area contributed by atoms with Crippen LogP contribution in [0.3, 0.4) is 0 Å². The van der Waals surface area contributed by atoms with Crippen molar-refractivity contribution in [3.05, 3.63) is 113 Å². The minimum Gasteiger partial charge on any atom is -0.483 e. The number of amides is 1. The first-order chi connectivity index (χ1) is 13.6. The van der Waals surface area contributed by atoms with Gasteiger partial charge in [0.05, 0.1) is 5.70 Å². The van der Waals surface area contributed by atoms with Crippen LogP contribution in [-0.4, -0.2) is 11.7 Å². The molecule has 140 valence electrons. The third kappa shape index (κ3) is 4.95. The van der Waals surface area contributed by atoms with Gasteiger partial charge in [-0.15, -0.1) is 0 Å². The van der Waals surface area contributed by atoms with Crippen molar-refractivity contribution in [2.45, 2.75) is 13.5 Å². The number of ketones is 1. The van der Waals surface area contributed by atoms with E-state index in [1.165, 1.54) is 6.92 Å². The Labute approximate surface area is 164 Å². The number of carbonyl (C=O) groups is 2. The molecular weight excluding hydrogens is 350 g/mol. The lowest BCUT2D eigenvalue weighted by Gasteiger charge is -2.16. The van der Waals surface area contributed by atoms with Gasteiger partial charge in [-0.3, -0.25) is 9.59 Å². The van der Waals surface area contributed by atoms with Crippen LogP contribution in [-0.2, 0) is 16.1 Å². The second-order valence-corrected chi connectivity index (χ2v) is 6.22. The lowest BCUT2D eigenvalue weighted by Crippen LogP contribution is -2.25. The maximum absolute atomic E-state index is 12.7. The third-order valence-corrected chi connectivity index (χ3v) is 4.11. The zero-order valence-electron chi connectivity index (χ0n) is 15.6. The first-order valence-electron chi connectivity index (χ1n) is 8.99. The van der Waals surface area contributed by atoms with Gasteiger partial charge in [0.25, 0.3) is 5.91 Å². The molecule has 0 fully saturated rings. The SMILES string of the molecule is CC(=O)/C(OCc1ccccc1)=C(/NC(=O)c1ccccc1)c1ccccc1. The summed E-state index contributed by atoms with van der Waals surface area (Å²) in [5.41, 5.74) is 2.49. The minimum atomic E-state index is -0.304. The first kappa shape index (κ1) is 19.1. The quantitative estimate of drug-likeness (QED) is 0.488. The van der Waals surface area contributed by atoms with Crippen LogP contribution < -0.4 is 5.32 Å². The van der Waals surface area contributed by atoms with Crippen molar-refractivity contribution in [2.24, 2.45) is 0 Å². The highest BCUT2D eigenvalue weighted by atomic mass is 16.5. The molecule has 0 aliphatic heterocycles. The summed E-state index contributed by atoms with van der Waals surface area (Å²) in [4.78, 5) is 25.1. The van der Waals surface area contributed by atoms with Gasteiger partial charge in [-0.25, -0.2) is 0 Å². The predicted octanol–water partition coefficient (Wildman–Crippen LogP) is 4.59. The number of ether oxygens (including phenoxy) is 1. The fourth-order valence-electron chi connectivity index (χ4n) is 2.72. The molecule has 0 radical (unpaired) electrons. The van der Waals surface area contributed by atoms with Crippen LogP contribution >= 0.6 is 0 Å². The summed E-state index contributed by atoms with van der Waals surface area (Å²) in [6, 6.07) is 27.7. The molecule has 0 atom stereocenters. The monoisotopic (exact) mass is 371 g/mol. The average Bonchev–Trinajstić information content (AvgIpc) is 2.74. The van der Waals surface area contributed by atoms with Crippen molar-refractivity contribution in [1.29, 1.82) is 0 Å². The van der Waals surface area contributed by atoms with Gasteiger partial charge in [0.1, 0.15) is 6.61 Å². The van der Waals surface area contributed by atoms with Crippen molar-refractivity contribution in [2.75, 3.05) is 0 Å². The molecule has 3 aromatic carbocycles. The number of nitrogens with one attached hydrogen (secondary N) is 1. The van der Waals surface area contributed by atoms with Gasteiger partial charge in [0.15, 0.2) is 11.5 Å². The molecule has 0 aromatic heterocycles. The van der Waals surface area contributed by atoms with Crippen LogP contribution in [0.1, 0.15) is 28.4 Å². The van der Waals surface area contributed by atoms with E-state index in [4.69, 9.17) is 4.74 Å². The fourth-order valence-corrected chi connectivity index (χ4v) is 2.72. The highest BCUT2D eigenvalue weighted by molar-refractivity contribution is 6.05. The van der Waals surface area contributed by atoms with Crippen molar-refractivity contribution in [3.63, 3.8) is 0 Å². The molecule has 28 heavy (non-hydrogen) atoms. The van der Waals surface area contributed by atoms with Crippen molar-refractivity contribution in [1.82, 2.24) is 5.32 Å². The summed E-state index contributed by atoms with van der Waals surface area (Å²) >= 11 is 0. The number of Topliss-reactive ketones (excluding diaryl/α,β-unsaturated/α-hetero) is 1. The molecule has 0 spiro atoms. The van der Waals surface area contributed by atoms with E-state index < -0.39 is 0 Å². The van der Waals surface area contributed by atoms with Crippen LogP contribution in [0.4, 0.5) is 0 Å². The Balaban J connectivity index is 1.96. The summed E-state index contributed by atoms with van der Waals surface area (Å²) in [5, 5.41) is 2.86. The highest BCUT2D eigenvalue weighted by Gasteiger charge is 2.19. The van der Waals surface area contributed by atoms with Gasteiger partial charge >= 0.3 is 0 Å². The first-order valence-corrected chi connectivity index (χ1v) is 8.99. The van der Waals surface area contributed by atoms with Gasteiger partial charge < -0.3 is 10.1 Å². The Kier molecular flexibility index (Phi) is 6.37. The highest BCUT2D eigenvalue weighted by Crippen LogP contribution is 2.20. The van der Waals surface area contributed by atoms with E-state index in [-0.39, 0.29) is 24.1 Å². The Bertz CT molecular complexity index is 965.